The maximum Gasteiger partial charge on any atom is 0.331 e. The van der Waals surface area contributed by atoms with Crippen LogP contribution in [-0.4, -0.2) is 34.4 Å². The molecule has 6 heteroatoms. The molecule has 5 nitrogen and oxygen atoms in total. The highest BCUT2D eigenvalue weighted by atomic mass is 19.1. The molecule has 2 aromatic rings. The number of carbonyl (C=O) groups excluding carboxylic acids is 2. The lowest BCUT2D eigenvalue weighted by atomic mass is 10.2. The van der Waals surface area contributed by atoms with Gasteiger partial charge in [-0.3, -0.25) is 19.6 Å². The summed E-state index contributed by atoms with van der Waals surface area (Å²) in [6.45, 7) is 1.99. The molecule has 0 radical (unpaired) electrons. The summed E-state index contributed by atoms with van der Waals surface area (Å²) in [6.07, 6.45) is 3.93. The normalized spacial score (nSPS) is 17.9. The van der Waals surface area contributed by atoms with Crippen LogP contribution in [0, 0.1) is 5.82 Å². The molecule has 3 rings (SSSR count). The predicted octanol–water partition coefficient (Wildman–Crippen LogP) is 2.62. The van der Waals surface area contributed by atoms with Crippen LogP contribution in [0.3, 0.4) is 0 Å². The third-order valence-electron chi connectivity index (χ3n) is 3.93. The van der Waals surface area contributed by atoms with Crippen molar-refractivity contribution in [3.8, 4) is 0 Å². The van der Waals surface area contributed by atoms with E-state index in [0.717, 1.165) is 5.56 Å². The second-order valence-electron chi connectivity index (χ2n) is 5.40. The van der Waals surface area contributed by atoms with Crippen molar-refractivity contribution < 1.29 is 14.0 Å². The van der Waals surface area contributed by atoms with Gasteiger partial charge in [-0.2, -0.15) is 0 Å². The van der Waals surface area contributed by atoms with E-state index in [4.69, 9.17) is 0 Å². The minimum atomic E-state index is -0.592. The Kier molecular flexibility index (Phi) is 4.06. The van der Waals surface area contributed by atoms with Crippen LogP contribution in [0.1, 0.15) is 12.5 Å². The van der Waals surface area contributed by atoms with Gasteiger partial charge >= 0.3 is 6.03 Å². The van der Waals surface area contributed by atoms with Crippen LogP contribution in [0.15, 0.2) is 48.8 Å². The van der Waals surface area contributed by atoms with Crippen molar-refractivity contribution in [3.63, 3.8) is 0 Å². The first kappa shape index (κ1) is 15.1. The van der Waals surface area contributed by atoms with Gasteiger partial charge in [0.1, 0.15) is 11.9 Å². The first-order chi connectivity index (χ1) is 11.1. The number of carbonyl (C=O) groups is 2. The topological polar surface area (TPSA) is 53.5 Å². The molecule has 118 valence electrons. The lowest BCUT2D eigenvalue weighted by Crippen LogP contribution is -2.34. The van der Waals surface area contributed by atoms with Crippen molar-refractivity contribution in [3.05, 3.63) is 60.2 Å². The summed E-state index contributed by atoms with van der Waals surface area (Å²) in [4.78, 5) is 31.5. The van der Waals surface area contributed by atoms with Crippen LogP contribution in [0.5, 0.6) is 0 Å². The summed E-state index contributed by atoms with van der Waals surface area (Å²) in [5, 5.41) is 0. The molecule has 0 aliphatic carbocycles. The lowest BCUT2D eigenvalue weighted by Gasteiger charge is -2.19. The number of pyridine rings is 1. The average Bonchev–Trinajstić information content (AvgIpc) is 2.78. The molecule has 1 aromatic heterocycles. The molecule has 0 spiro atoms. The molecule has 1 fully saturated rings. The number of amides is 3. The summed E-state index contributed by atoms with van der Waals surface area (Å²) < 4.78 is 13.0. The zero-order valence-corrected chi connectivity index (χ0v) is 12.6. The number of rotatable bonds is 4. The van der Waals surface area contributed by atoms with E-state index in [1.165, 1.54) is 34.1 Å². The van der Waals surface area contributed by atoms with Crippen molar-refractivity contribution in [1.82, 2.24) is 9.88 Å². The van der Waals surface area contributed by atoms with Gasteiger partial charge in [-0.05, 0) is 55.3 Å². The number of aromatic nitrogens is 1. The lowest BCUT2D eigenvalue weighted by molar-refractivity contribution is -0.126. The van der Waals surface area contributed by atoms with E-state index in [1.54, 1.807) is 19.3 Å². The van der Waals surface area contributed by atoms with Crippen LogP contribution in [0.4, 0.5) is 14.9 Å². The molecule has 0 N–H and O–H groups in total. The van der Waals surface area contributed by atoms with Gasteiger partial charge in [0.2, 0.25) is 0 Å². The van der Waals surface area contributed by atoms with Gasteiger partial charge in [0.05, 0.1) is 0 Å². The molecule has 0 saturated carbocycles. The standard InChI is InChI=1S/C17H16FN3O2/c1-12-16(22)20(11-8-13-6-9-19-10-7-13)17(23)21(12)15-4-2-14(18)3-5-15/h2-7,9-10,12H,8,11H2,1H3. The quantitative estimate of drug-likeness (QED) is 0.815. The highest BCUT2D eigenvalue weighted by molar-refractivity contribution is 6.14. The fourth-order valence-corrected chi connectivity index (χ4v) is 2.66. The van der Waals surface area contributed by atoms with Gasteiger partial charge in [0, 0.05) is 24.6 Å². The Morgan fingerprint density at radius 3 is 2.39 bits per heavy atom. The van der Waals surface area contributed by atoms with Crippen LogP contribution < -0.4 is 4.90 Å². The maximum atomic E-state index is 13.0. The third kappa shape index (κ3) is 2.92. The van der Waals surface area contributed by atoms with Crippen molar-refractivity contribution >= 4 is 17.6 Å². The number of anilines is 1. The fraction of sp³-hybridized carbons (Fsp3) is 0.235. The highest BCUT2D eigenvalue weighted by Gasteiger charge is 2.42. The second kappa shape index (κ2) is 6.16. The molecule has 3 amide bonds. The number of benzene rings is 1. The van der Waals surface area contributed by atoms with Crippen LogP contribution >= 0.6 is 0 Å². The van der Waals surface area contributed by atoms with Gasteiger partial charge < -0.3 is 0 Å². The van der Waals surface area contributed by atoms with E-state index < -0.39 is 6.04 Å². The van der Waals surface area contributed by atoms with Crippen LogP contribution in [0.2, 0.25) is 0 Å². The Morgan fingerprint density at radius 1 is 1.09 bits per heavy atom. The monoisotopic (exact) mass is 313 g/mol. The Hall–Kier alpha value is -2.76. The molecule has 2 heterocycles. The summed E-state index contributed by atoms with van der Waals surface area (Å²) in [6, 6.07) is 8.30. The minimum absolute atomic E-state index is 0.242. The van der Waals surface area contributed by atoms with E-state index in [9.17, 15) is 14.0 Å². The summed E-state index contributed by atoms with van der Waals surface area (Å²) >= 11 is 0. The van der Waals surface area contributed by atoms with Crippen molar-refractivity contribution in [2.45, 2.75) is 19.4 Å². The van der Waals surface area contributed by atoms with E-state index >= 15 is 0 Å². The van der Waals surface area contributed by atoms with Crippen molar-refractivity contribution in [2.24, 2.45) is 0 Å². The molecule has 1 saturated heterocycles. The Bertz CT molecular complexity index is 718. The smallest absolute Gasteiger partial charge is 0.282 e. The predicted molar refractivity (Wildman–Crippen MR) is 83.4 cm³/mol. The minimum Gasteiger partial charge on any atom is -0.282 e. The van der Waals surface area contributed by atoms with Gasteiger partial charge in [-0.15, -0.1) is 0 Å². The SMILES string of the molecule is CC1C(=O)N(CCc2ccncc2)C(=O)N1c1ccc(F)cc1. The number of urea groups is 1. The third-order valence-corrected chi connectivity index (χ3v) is 3.93. The molecule has 1 aromatic carbocycles. The van der Waals surface area contributed by atoms with Gasteiger partial charge in [-0.1, -0.05) is 0 Å². The van der Waals surface area contributed by atoms with Crippen LogP contribution in [0.25, 0.3) is 0 Å². The largest absolute Gasteiger partial charge is 0.331 e. The maximum absolute atomic E-state index is 13.0. The van der Waals surface area contributed by atoms with E-state index in [0.29, 0.717) is 18.7 Å². The fourth-order valence-electron chi connectivity index (χ4n) is 2.66. The number of hydrogen-bond acceptors (Lipinski definition) is 3. The zero-order chi connectivity index (χ0) is 16.4. The molecule has 1 aliphatic rings. The van der Waals surface area contributed by atoms with Gasteiger partial charge in [0.25, 0.3) is 5.91 Å². The highest BCUT2D eigenvalue weighted by Crippen LogP contribution is 2.26. The summed E-state index contributed by atoms with van der Waals surface area (Å²) in [7, 11) is 0. The van der Waals surface area contributed by atoms with Gasteiger partial charge in [-0.25, -0.2) is 9.18 Å². The Labute approximate surface area is 133 Å². The van der Waals surface area contributed by atoms with Crippen LogP contribution in [-0.2, 0) is 11.2 Å². The molecule has 1 atom stereocenters. The Balaban J connectivity index is 1.76. The number of halogens is 1. The molecular weight excluding hydrogens is 297 g/mol. The number of imide groups is 1. The first-order valence-electron chi connectivity index (χ1n) is 7.37. The summed E-state index contributed by atoms with van der Waals surface area (Å²) in [5.74, 6) is -0.623. The molecule has 1 aliphatic heterocycles. The average molecular weight is 313 g/mol. The first-order valence-corrected chi connectivity index (χ1v) is 7.37. The van der Waals surface area contributed by atoms with Gasteiger partial charge in [0.15, 0.2) is 0 Å². The molecular formula is C17H16FN3O2. The summed E-state index contributed by atoms with van der Waals surface area (Å²) in [5.41, 5.74) is 1.53. The number of hydrogen-bond donors (Lipinski definition) is 0. The van der Waals surface area contributed by atoms with E-state index in [2.05, 4.69) is 4.98 Å². The molecule has 1 unspecified atom stereocenters. The molecule has 0 bridgehead atoms. The molecule has 23 heavy (non-hydrogen) atoms. The zero-order valence-electron chi connectivity index (χ0n) is 12.6. The van der Waals surface area contributed by atoms with E-state index in [-0.39, 0.29) is 17.8 Å². The Morgan fingerprint density at radius 2 is 1.74 bits per heavy atom. The number of nitrogens with zero attached hydrogens (tertiary/aromatic N) is 3. The van der Waals surface area contributed by atoms with Crippen molar-refractivity contribution in [1.29, 1.82) is 0 Å². The van der Waals surface area contributed by atoms with E-state index in [1.807, 2.05) is 12.1 Å². The van der Waals surface area contributed by atoms with Crippen molar-refractivity contribution in [2.75, 3.05) is 11.4 Å². The second-order valence-corrected chi connectivity index (χ2v) is 5.40.